The van der Waals surface area contributed by atoms with Crippen LogP contribution in [0.25, 0.3) is 0 Å². The molecule has 1 amide bonds. The molecule has 0 bridgehead atoms. The van der Waals surface area contributed by atoms with Crippen molar-refractivity contribution in [3.63, 3.8) is 0 Å². The first kappa shape index (κ1) is 15.1. The van der Waals surface area contributed by atoms with Crippen LogP contribution in [0.2, 0.25) is 0 Å². The fourth-order valence-electron chi connectivity index (χ4n) is 2.69. The quantitative estimate of drug-likeness (QED) is 0.862. The fourth-order valence-corrected chi connectivity index (χ4v) is 2.69. The number of fused-ring (bicyclic) bond motifs is 1. The minimum Gasteiger partial charge on any atom is -0.493 e. The summed E-state index contributed by atoms with van der Waals surface area (Å²) >= 11 is 0. The molecule has 23 heavy (non-hydrogen) atoms. The van der Waals surface area contributed by atoms with Crippen molar-refractivity contribution in [3.05, 3.63) is 48.2 Å². The van der Waals surface area contributed by atoms with Crippen molar-refractivity contribution in [3.8, 4) is 11.5 Å². The lowest BCUT2D eigenvalue weighted by molar-refractivity contribution is 0.0984. The Balaban J connectivity index is 1.87. The van der Waals surface area contributed by atoms with Gasteiger partial charge in [0.1, 0.15) is 12.4 Å². The van der Waals surface area contributed by atoms with Gasteiger partial charge < -0.3 is 9.47 Å². The number of carbonyl (C=O) groups excluding carboxylic acids is 1. The first-order chi connectivity index (χ1) is 11.2. The smallest absolute Gasteiger partial charge is 0.259 e. The zero-order chi connectivity index (χ0) is 16.2. The lowest BCUT2D eigenvalue weighted by Crippen LogP contribution is -2.35. The number of methoxy groups -OCH3 is 1. The maximum Gasteiger partial charge on any atom is 0.259 e. The van der Waals surface area contributed by atoms with E-state index in [9.17, 15) is 4.79 Å². The highest BCUT2D eigenvalue weighted by atomic mass is 16.5. The van der Waals surface area contributed by atoms with Crippen molar-refractivity contribution < 1.29 is 14.3 Å². The minimum absolute atomic E-state index is 0.0798. The Labute approximate surface area is 134 Å². The number of aromatic amines is 1. The van der Waals surface area contributed by atoms with Crippen molar-refractivity contribution in [1.82, 2.24) is 10.2 Å². The molecule has 6 heteroatoms. The van der Waals surface area contributed by atoms with E-state index >= 15 is 0 Å². The van der Waals surface area contributed by atoms with E-state index in [4.69, 9.17) is 9.47 Å². The van der Waals surface area contributed by atoms with Gasteiger partial charge in [-0.05, 0) is 31.0 Å². The van der Waals surface area contributed by atoms with Gasteiger partial charge >= 0.3 is 0 Å². The number of aromatic nitrogens is 2. The van der Waals surface area contributed by atoms with Crippen molar-refractivity contribution >= 4 is 11.7 Å². The average Bonchev–Trinajstić information content (AvgIpc) is 3.07. The predicted octanol–water partition coefficient (Wildman–Crippen LogP) is 2.58. The van der Waals surface area contributed by atoms with Gasteiger partial charge in [0, 0.05) is 17.7 Å². The van der Waals surface area contributed by atoms with Crippen molar-refractivity contribution in [2.75, 3.05) is 25.2 Å². The number of aryl methyl sites for hydroxylation is 1. The molecule has 0 saturated heterocycles. The minimum atomic E-state index is -0.0798. The van der Waals surface area contributed by atoms with Crippen LogP contribution in [-0.2, 0) is 6.42 Å². The van der Waals surface area contributed by atoms with Crippen LogP contribution in [0.5, 0.6) is 11.5 Å². The largest absolute Gasteiger partial charge is 0.493 e. The molecule has 0 spiro atoms. The molecule has 0 saturated carbocycles. The number of nitrogens with zero attached hydrogens (tertiary/aromatic N) is 2. The highest BCUT2D eigenvalue weighted by molar-refractivity contribution is 6.06. The first-order valence-corrected chi connectivity index (χ1v) is 7.50. The summed E-state index contributed by atoms with van der Waals surface area (Å²) in [5, 5.41) is 6.95. The number of amides is 1. The lowest BCUT2D eigenvalue weighted by atomic mass is 10.1. The van der Waals surface area contributed by atoms with Crippen LogP contribution in [0, 0.1) is 0 Å². The zero-order valence-corrected chi connectivity index (χ0v) is 13.0. The van der Waals surface area contributed by atoms with Crippen molar-refractivity contribution in [2.24, 2.45) is 0 Å². The molecule has 0 radical (unpaired) electrons. The molecule has 1 aliphatic rings. The van der Waals surface area contributed by atoms with E-state index in [0.717, 1.165) is 24.2 Å². The second kappa shape index (κ2) is 6.56. The van der Waals surface area contributed by atoms with E-state index in [1.54, 1.807) is 42.5 Å². The summed E-state index contributed by atoms with van der Waals surface area (Å²) in [6.45, 7) is 4.67. The molecule has 1 aliphatic heterocycles. The molecule has 6 nitrogen and oxygen atoms in total. The summed E-state index contributed by atoms with van der Waals surface area (Å²) in [6.07, 6.45) is 5.30. The van der Waals surface area contributed by atoms with Crippen molar-refractivity contribution in [1.29, 1.82) is 0 Å². The Hall–Kier alpha value is -2.76. The number of anilines is 1. The number of H-pyrrole nitrogens is 1. The Bertz CT molecular complexity index is 724. The second-order valence-electron chi connectivity index (χ2n) is 5.27. The van der Waals surface area contributed by atoms with Crippen LogP contribution < -0.4 is 14.4 Å². The van der Waals surface area contributed by atoms with Crippen molar-refractivity contribution in [2.45, 2.75) is 12.8 Å². The average molecular weight is 313 g/mol. The Kier molecular flexibility index (Phi) is 4.32. The van der Waals surface area contributed by atoms with E-state index in [0.29, 0.717) is 30.2 Å². The summed E-state index contributed by atoms with van der Waals surface area (Å²) in [7, 11) is 1.55. The number of ether oxygens (including phenoxy) is 2. The first-order valence-electron chi connectivity index (χ1n) is 7.50. The van der Waals surface area contributed by atoms with Gasteiger partial charge in [-0.25, -0.2) is 0 Å². The number of carbonyl (C=O) groups is 1. The third-order valence-corrected chi connectivity index (χ3v) is 3.81. The van der Waals surface area contributed by atoms with Gasteiger partial charge in [0.05, 0.1) is 13.3 Å². The third-order valence-electron chi connectivity index (χ3n) is 3.81. The summed E-state index contributed by atoms with van der Waals surface area (Å²) in [5.74, 6) is 1.82. The van der Waals surface area contributed by atoms with Crippen LogP contribution in [0.15, 0.2) is 37.1 Å². The standard InChI is InChI=1S/C17H19N3O3/c1-3-9-23-14-7-6-12(10-15(14)22-2)17(21)20-8-4-5-13-11-18-19-16(13)20/h3,6-7,10-11H,1,4-5,8-9H2,2H3,(H,18,19). The summed E-state index contributed by atoms with van der Waals surface area (Å²) in [6, 6.07) is 5.19. The maximum absolute atomic E-state index is 12.8. The van der Waals surface area contributed by atoms with Gasteiger partial charge in [-0.2, -0.15) is 5.10 Å². The number of benzene rings is 1. The monoisotopic (exact) mass is 313 g/mol. The summed E-state index contributed by atoms with van der Waals surface area (Å²) in [5.41, 5.74) is 1.62. The zero-order valence-electron chi connectivity index (χ0n) is 13.0. The molecule has 0 atom stereocenters. The fraction of sp³-hybridized carbons (Fsp3) is 0.294. The Morgan fingerprint density at radius 3 is 3.13 bits per heavy atom. The topological polar surface area (TPSA) is 67.5 Å². The van der Waals surface area contributed by atoms with Gasteiger partial charge in [-0.15, -0.1) is 0 Å². The number of rotatable bonds is 5. The van der Waals surface area contributed by atoms with Gasteiger partial charge in [0.25, 0.3) is 5.91 Å². The molecule has 1 aromatic heterocycles. The molecule has 120 valence electrons. The Morgan fingerprint density at radius 2 is 2.35 bits per heavy atom. The highest BCUT2D eigenvalue weighted by Crippen LogP contribution is 2.30. The van der Waals surface area contributed by atoms with E-state index in [-0.39, 0.29) is 5.91 Å². The van der Waals surface area contributed by atoms with Crippen LogP contribution in [0.3, 0.4) is 0 Å². The SMILES string of the molecule is C=CCOc1ccc(C(=O)N2CCCc3cn[nH]c32)cc1OC. The lowest BCUT2D eigenvalue weighted by Gasteiger charge is -2.26. The van der Waals surface area contributed by atoms with Crippen LogP contribution in [0.1, 0.15) is 22.3 Å². The molecule has 2 heterocycles. The summed E-state index contributed by atoms with van der Waals surface area (Å²) < 4.78 is 10.8. The molecular formula is C17H19N3O3. The molecule has 0 aliphatic carbocycles. The maximum atomic E-state index is 12.8. The molecule has 0 unspecified atom stereocenters. The molecule has 0 fully saturated rings. The predicted molar refractivity (Wildman–Crippen MR) is 87.3 cm³/mol. The normalized spacial score (nSPS) is 13.3. The van der Waals surface area contributed by atoms with E-state index in [2.05, 4.69) is 16.8 Å². The number of hydrogen-bond donors (Lipinski definition) is 1. The van der Waals surface area contributed by atoms with Gasteiger partial charge in [0.2, 0.25) is 0 Å². The van der Waals surface area contributed by atoms with Crippen LogP contribution >= 0.6 is 0 Å². The van der Waals surface area contributed by atoms with E-state index < -0.39 is 0 Å². The number of nitrogens with one attached hydrogen (secondary N) is 1. The van der Waals surface area contributed by atoms with E-state index in [1.807, 2.05) is 0 Å². The van der Waals surface area contributed by atoms with Crippen LogP contribution in [-0.4, -0.2) is 36.4 Å². The van der Waals surface area contributed by atoms with Crippen LogP contribution in [0.4, 0.5) is 5.82 Å². The van der Waals surface area contributed by atoms with Gasteiger partial charge in [0.15, 0.2) is 11.5 Å². The van der Waals surface area contributed by atoms with Gasteiger partial charge in [-0.1, -0.05) is 12.7 Å². The molecule has 1 N–H and O–H groups in total. The highest BCUT2D eigenvalue weighted by Gasteiger charge is 2.25. The number of hydrogen-bond acceptors (Lipinski definition) is 4. The second-order valence-corrected chi connectivity index (χ2v) is 5.27. The summed E-state index contributed by atoms with van der Waals surface area (Å²) in [4.78, 5) is 14.5. The molecule has 2 aromatic rings. The molecule has 1 aromatic carbocycles. The molecule has 3 rings (SSSR count). The molecular weight excluding hydrogens is 294 g/mol. The third kappa shape index (κ3) is 2.92. The Morgan fingerprint density at radius 1 is 1.48 bits per heavy atom. The van der Waals surface area contributed by atoms with E-state index in [1.165, 1.54) is 0 Å². The van der Waals surface area contributed by atoms with Gasteiger partial charge in [-0.3, -0.25) is 14.8 Å².